The highest BCUT2D eigenvalue weighted by molar-refractivity contribution is 5.91. The first-order chi connectivity index (χ1) is 17.4. The first-order valence-electron chi connectivity index (χ1n) is 13.4. The summed E-state index contributed by atoms with van der Waals surface area (Å²) in [6, 6.07) is 16.3. The molecule has 3 atom stereocenters. The Bertz CT molecular complexity index is 1210. The van der Waals surface area contributed by atoms with Crippen LogP contribution in [0.3, 0.4) is 0 Å². The Morgan fingerprint density at radius 3 is 2.50 bits per heavy atom. The van der Waals surface area contributed by atoms with Crippen molar-refractivity contribution in [3.05, 3.63) is 59.7 Å². The number of fused-ring (bicyclic) bond motifs is 1. The van der Waals surface area contributed by atoms with Crippen LogP contribution in [0.2, 0.25) is 0 Å². The molecular formula is C30H34N2O4. The molecular weight excluding hydrogens is 452 g/mol. The molecule has 5 fully saturated rings. The summed E-state index contributed by atoms with van der Waals surface area (Å²) in [4.78, 5) is 29.4. The number of carbonyl (C=O) groups excluding carboxylic acids is 2. The van der Waals surface area contributed by atoms with Gasteiger partial charge in [0.05, 0.1) is 16.9 Å². The van der Waals surface area contributed by atoms with Gasteiger partial charge in [0.1, 0.15) is 0 Å². The smallest absolute Gasteiger partial charge is 0.231 e. The lowest BCUT2D eigenvalue weighted by atomic mass is 9.46. The van der Waals surface area contributed by atoms with Gasteiger partial charge in [-0.1, -0.05) is 42.5 Å². The summed E-state index contributed by atoms with van der Waals surface area (Å²) >= 11 is 0. The quantitative estimate of drug-likeness (QED) is 0.615. The van der Waals surface area contributed by atoms with Crippen LogP contribution in [0.5, 0.6) is 11.5 Å². The lowest BCUT2D eigenvalue weighted by molar-refractivity contribution is -0.199. The van der Waals surface area contributed by atoms with Crippen molar-refractivity contribution in [3.8, 4) is 11.5 Å². The third-order valence-corrected chi connectivity index (χ3v) is 9.79. The number of hydrogen-bond acceptors (Lipinski definition) is 4. The predicted molar refractivity (Wildman–Crippen MR) is 134 cm³/mol. The second-order valence-electron chi connectivity index (χ2n) is 12.3. The molecule has 0 aromatic heterocycles. The van der Waals surface area contributed by atoms with Crippen LogP contribution in [0.15, 0.2) is 48.5 Å². The van der Waals surface area contributed by atoms with Crippen molar-refractivity contribution in [1.29, 1.82) is 0 Å². The van der Waals surface area contributed by atoms with Crippen LogP contribution in [0, 0.1) is 28.6 Å². The number of β-lactam (4-membered cyclic amide) rings is 1. The van der Waals surface area contributed by atoms with E-state index in [0.29, 0.717) is 24.3 Å². The van der Waals surface area contributed by atoms with E-state index in [1.165, 1.54) is 0 Å². The number of hydrogen-bond donors (Lipinski definition) is 1. The van der Waals surface area contributed by atoms with Gasteiger partial charge >= 0.3 is 0 Å². The van der Waals surface area contributed by atoms with Gasteiger partial charge in [0, 0.05) is 18.2 Å². The minimum absolute atomic E-state index is 0.0352. The number of nitrogens with one attached hydrogen (secondary N) is 1. The van der Waals surface area contributed by atoms with Gasteiger partial charge in [-0.05, 0) is 75.3 Å². The number of benzene rings is 2. The highest BCUT2D eigenvalue weighted by Crippen LogP contribution is 2.65. The predicted octanol–water partition coefficient (Wildman–Crippen LogP) is 4.84. The van der Waals surface area contributed by atoms with Crippen LogP contribution in [0.25, 0.3) is 0 Å². The molecule has 36 heavy (non-hydrogen) atoms. The average Bonchev–Trinajstić information content (AvgIpc) is 3.36. The Morgan fingerprint density at radius 1 is 1.00 bits per heavy atom. The van der Waals surface area contributed by atoms with Crippen molar-refractivity contribution in [2.45, 2.75) is 64.6 Å². The van der Waals surface area contributed by atoms with E-state index in [1.807, 2.05) is 30.3 Å². The minimum atomic E-state index is -0.486. The lowest BCUT2D eigenvalue weighted by Gasteiger charge is -2.66. The lowest BCUT2D eigenvalue weighted by Crippen LogP contribution is -2.71. The van der Waals surface area contributed by atoms with E-state index in [0.717, 1.165) is 54.7 Å². The van der Waals surface area contributed by atoms with E-state index in [4.69, 9.17) is 9.47 Å². The second kappa shape index (κ2) is 7.74. The molecule has 1 N–H and O–H groups in total. The zero-order valence-corrected chi connectivity index (χ0v) is 21.0. The van der Waals surface area contributed by atoms with Crippen molar-refractivity contribution in [2.24, 2.45) is 28.6 Å². The molecule has 2 aliphatic heterocycles. The number of para-hydroxylation sites is 1. The molecule has 2 amide bonds. The van der Waals surface area contributed by atoms with E-state index >= 15 is 0 Å². The van der Waals surface area contributed by atoms with Gasteiger partial charge in [-0.3, -0.25) is 9.59 Å². The summed E-state index contributed by atoms with van der Waals surface area (Å²) in [6.45, 7) is 4.91. The molecule has 188 valence electrons. The molecule has 2 aromatic rings. The third kappa shape index (κ3) is 3.09. The van der Waals surface area contributed by atoms with Crippen LogP contribution in [0.4, 0.5) is 0 Å². The van der Waals surface area contributed by atoms with Crippen molar-refractivity contribution >= 4 is 11.8 Å². The zero-order valence-electron chi connectivity index (χ0n) is 21.0. The largest absolute Gasteiger partial charge is 0.454 e. The Kier molecular flexibility index (Phi) is 4.77. The van der Waals surface area contributed by atoms with Crippen LogP contribution < -0.4 is 14.8 Å². The summed E-state index contributed by atoms with van der Waals surface area (Å²) in [5.41, 5.74) is 1.41. The van der Waals surface area contributed by atoms with Crippen molar-refractivity contribution < 1.29 is 19.1 Å². The Hall–Kier alpha value is -3.02. The van der Waals surface area contributed by atoms with Crippen molar-refractivity contribution in [1.82, 2.24) is 10.2 Å². The first-order valence-corrected chi connectivity index (χ1v) is 13.4. The minimum Gasteiger partial charge on any atom is -0.454 e. The Balaban J connectivity index is 1.16. The van der Waals surface area contributed by atoms with E-state index in [-0.39, 0.29) is 36.1 Å². The van der Waals surface area contributed by atoms with Gasteiger partial charge in [0.25, 0.3) is 0 Å². The fraction of sp³-hybridized carbons (Fsp3) is 0.533. The summed E-state index contributed by atoms with van der Waals surface area (Å²) in [6.07, 6.45) is 5.01. The standard InChI is InChI=1S/C30H34N2O4/c1-29(2)26(22-9-6-10-23-25(22)36-17-35-23)32(28(29)34)24-20-11-19-12-21(24)15-30(13-19,14-20)27(33)31-16-18-7-4-3-5-8-18/h3-10,19-21,24,26H,11-17H2,1-2H3,(H,31,33). The number of rotatable bonds is 5. The van der Waals surface area contributed by atoms with Gasteiger partial charge in [0.15, 0.2) is 11.5 Å². The van der Waals surface area contributed by atoms with Crippen molar-refractivity contribution in [3.63, 3.8) is 0 Å². The monoisotopic (exact) mass is 486 g/mol. The summed E-state index contributed by atoms with van der Waals surface area (Å²) in [5, 5.41) is 3.26. The average molecular weight is 487 g/mol. The van der Waals surface area contributed by atoms with Crippen molar-refractivity contribution in [2.75, 3.05) is 6.79 Å². The highest BCUT2D eigenvalue weighted by Gasteiger charge is 2.66. The van der Waals surface area contributed by atoms with Crippen LogP contribution in [0.1, 0.15) is 63.1 Å². The zero-order chi connectivity index (χ0) is 24.7. The molecule has 6 aliphatic rings. The summed E-state index contributed by atoms with van der Waals surface area (Å²) in [5.74, 6) is 3.31. The molecule has 4 saturated carbocycles. The molecule has 0 radical (unpaired) electrons. The topological polar surface area (TPSA) is 67.9 Å². The number of likely N-dealkylation sites (tertiary alicyclic amines) is 1. The maximum absolute atomic E-state index is 13.6. The van der Waals surface area contributed by atoms with Gasteiger partial charge in [-0.15, -0.1) is 0 Å². The summed E-state index contributed by atoms with van der Waals surface area (Å²) in [7, 11) is 0. The SMILES string of the molecule is CC1(C)C(=O)N(C2C3CC4CC2CC(C(=O)NCc2ccccc2)(C4)C3)C1c1cccc2c1OCO2. The van der Waals surface area contributed by atoms with Crippen LogP contribution in [-0.4, -0.2) is 29.5 Å². The molecule has 4 aliphatic carbocycles. The molecule has 6 heteroatoms. The van der Waals surface area contributed by atoms with Gasteiger partial charge in [0.2, 0.25) is 18.6 Å². The molecule has 2 heterocycles. The fourth-order valence-electron chi connectivity index (χ4n) is 8.56. The molecule has 2 aromatic carbocycles. The maximum Gasteiger partial charge on any atom is 0.231 e. The molecule has 4 bridgehead atoms. The van der Waals surface area contributed by atoms with E-state index in [2.05, 4.69) is 42.3 Å². The number of nitrogens with zero attached hydrogens (tertiary/aromatic N) is 1. The third-order valence-electron chi connectivity index (χ3n) is 9.79. The highest BCUT2D eigenvalue weighted by atomic mass is 16.7. The van der Waals surface area contributed by atoms with Crippen LogP contribution >= 0.6 is 0 Å². The van der Waals surface area contributed by atoms with E-state index in [1.54, 1.807) is 0 Å². The first kappa shape index (κ1) is 22.2. The Labute approximate surface area is 212 Å². The van der Waals surface area contributed by atoms with Gasteiger partial charge < -0.3 is 19.7 Å². The number of amides is 2. The normalized spacial score (nSPS) is 35.0. The van der Waals surface area contributed by atoms with E-state index in [9.17, 15) is 9.59 Å². The molecule has 6 nitrogen and oxygen atoms in total. The van der Waals surface area contributed by atoms with Gasteiger partial charge in [-0.2, -0.15) is 0 Å². The number of carbonyl (C=O) groups is 2. The number of ether oxygens (including phenoxy) is 2. The molecule has 3 unspecified atom stereocenters. The Morgan fingerprint density at radius 2 is 1.75 bits per heavy atom. The van der Waals surface area contributed by atoms with Gasteiger partial charge in [-0.25, -0.2) is 0 Å². The fourth-order valence-corrected chi connectivity index (χ4v) is 8.56. The maximum atomic E-state index is 13.6. The molecule has 8 rings (SSSR count). The second-order valence-corrected chi connectivity index (χ2v) is 12.3. The van der Waals surface area contributed by atoms with E-state index < -0.39 is 5.41 Å². The molecule has 1 saturated heterocycles. The molecule has 0 spiro atoms. The van der Waals surface area contributed by atoms with Crippen LogP contribution in [-0.2, 0) is 16.1 Å². The summed E-state index contributed by atoms with van der Waals surface area (Å²) < 4.78 is 11.5.